The van der Waals surface area contributed by atoms with Gasteiger partial charge < -0.3 is 14.0 Å². The van der Waals surface area contributed by atoms with Crippen LogP contribution in [0.1, 0.15) is 25.8 Å². The Morgan fingerprint density at radius 2 is 2.03 bits per heavy atom. The van der Waals surface area contributed by atoms with E-state index in [1.165, 1.54) is 49.4 Å². The van der Waals surface area contributed by atoms with Crippen LogP contribution in [-0.4, -0.2) is 55.0 Å². The summed E-state index contributed by atoms with van der Waals surface area (Å²) in [5, 5.41) is 0.00977. The van der Waals surface area contributed by atoms with Gasteiger partial charge in [0.25, 0.3) is 15.6 Å². The lowest BCUT2D eigenvalue weighted by Crippen LogP contribution is -2.46. The van der Waals surface area contributed by atoms with Crippen molar-refractivity contribution >= 4 is 38.0 Å². The fourth-order valence-corrected chi connectivity index (χ4v) is 5.92. The van der Waals surface area contributed by atoms with Crippen LogP contribution in [-0.2, 0) is 36.3 Å². The molecule has 0 saturated heterocycles. The molecule has 2 heterocycles. The molecule has 1 amide bonds. The van der Waals surface area contributed by atoms with Gasteiger partial charge in [0.05, 0.1) is 29.5 Å². The number of rotatable bonds is 10. The normalized spacial score (nSPS) is 13.9. The van der Waals surface area contributed by atoms with Crippen LogP contribution in [0.3, 0.4) is 0 Å². The van der Waals surface area contributed by atoms with E-state index in [1.54, 1.807) is 27.0 Å². The molecule has 0 bridgehead atoms. The maximum atomic E-state index is 14.9. The highest BCUT2D eigenvalue weighted by Crippen LogP contribution is 2.39. The number of fused-ring (bicyclic) bond motifs is 1. The lowest BCUT2D eigenvalue weighted by Gasteiger charge is -2.30. The van der Waals surface area contributed by atoms with Crippen molar-refractivity contribution in [3.8, 4) is 11.1 Å². The fraction of sp³-hybridized carbons (Fsp3) is 0.409. The highest BCUT2D eigenvalue weighted by molar-refractivity contribution is 7.90. The molecule has 12 heteroatoms. The molecule has 0 saturated carbocycles. The highest BCUT2D eigenvalue weighted by atomic mass is 32.2. The van der Waals surface area contributed by atoms with E-state index in [-0.39, 0.29) is 35.4 Å². The number of methoxy groups -OCH3 is 1. The molecular weight excluding hydrogens is 485 g/mol. The van der Waals surface area contributed by atoms with Crippen LogP contribution >= 0.6 is 11.3 Å². The van der Waals surface area contributed by atoms with Gasteiger partial charge in [-0.1, -0.05) is 0 Å². The molecule has 1 aromatic carbocycles. The van der Waals surface area contributed by atoms with Crippen molar-refractivity contribution < 1.29 is 27.1 Å². The first-order chi connectivity index (χ1) is 15.9. The minimum Gasteiger partial charge on any atom is -0.377 e. The fourth-order valence-electron chi connectivity index (χ4n) is 3.18. The van der Waals surface area contributed by atoms with Gasteiger partial charge in [-0.15, -0.1) is 11.3 Å². The van der Waals surface area contributed by atoms with E-state index in [9.17, 15) is 22.4 Å². The Morgan fingerprint density at radius 1 is 1.32 bits per heavy atom. The predicted octanol–water partition coefficient (Wildman–Crippen LogP) is 2.74. The zero-order valence-corrected chi connectivity index (χ0v) is 21.0. The van der Waals surface area contributed by atoms with Crippen LogP contribution in [0.4, 0.5) is 4.39 Å². The molecule has 183 valence electrons. The van der Waals surface area contributed by atoms with Crippen molar-refractivity contribution in [2.24, 2.45) is 7.05 Å². The SMILES string of the molecule is COC(C)(c1nc2cc(-c3ccn(C)c(=O)c3)c(F)cc2s1)S(=O)(=O)N([C]=O)CCOC(C)C. The number of thiazole rings is 1. The second-order valence-corrected chi connectivity index (χ2v) is 11.1. The topological polar surface area (TPSA) is 108 Å². The van der Waals surface area contributed by atoms with Gasteiger partial charge in [-0.05, 0) is 44.5 Å². The van der Waals surface area contributed by atoms with Crippen LogP contribution in [0, 0.1) is 5.82 Å². The zero-order chi connectivity index (χ0) is 25.3. The summed E-state index contributed by atoms with van der Waals surface area (Å²) in [4.78, 5) is 25.8. The maximum absolute atomic E-state index is 14.9. The van der Waals surface area contributed by atoms with E-state index in [1.807, 2.05) is 0 Å². The monoisotopic (exact) mass is 510 g/mol. The van der Waals surface area contributed by atoms with Crippen molar-refractivity contribution in [3.63, 3.8) is 0 Å². The summed E-state index contributed by atoms with van der Waals surface area (Å²) in [6.45, 7) is 4.56. The van der Waals surface area contributed by atoms with Gasteiger partial charge in [0.1, 0.15) is 10.8 Å². The van der Waals surface area contributed by atoms with Crippen molar-refractivity contribution in [2.75, 3.05) is 20.3 Å². The largest absolute Gasteiger partial charge is 0.377 e. The van der Waals surface area contributed by atoms with E-state index in [0.717, 1.165) is 11.3 Å². The van der Waals surface area contributed by atoms with Gasteiger partial charge >= 0.3 is 6.41 Å². The summed E-state index contributed by atoms with van der Waals surface area (Å²) in [6.07, 6.45) is 2.80. The van der Waals surface area contributed by atoms with Crippen molar-refractivity contribution in [1.82, 2.24) is 13.9 Å². The Morgan fingerprint density at radius 3 is 2.62 bits per heavy atom. The number of hydrogen-bond acceptors (Lipinski definition) is 8. The molecule has 0 spiro atoms. The molecule has 3 rings (SSSR count). The van der Waals surface area contributed by atoms with Crippen LogP contribution < -0.4 is 5.56 Å². The van der Waals surface area contributed by atoms with E-state index in [4.69, 9.17) is 9.47 Å². The number of pyridine rings is 1. The summed E-state index contributed by atoms with van der Waals surface area (Å²) in [6, 6.07) is 5.58. The number of ether oxygens (including phenoxy) is 2. The number of benzene rings is 1. The molecule has 0 aliphatic carbocycles. The minimum absolute atomic E-state index is 0.00977. The number of hydrogen-bond donors (Lipinski definition) is 0. The lowest BCUT2D eigenvalue weighted by atomic mass is 10.1. The third kappa shape index (κ3) is 4.76. The molecule has 0 fully saturated rings. The maximum Gasteiger partial charge on any atom is 0.326 e. The third-order valence-corrected chi connectivity index (χ3v) is 8.83. The Bertz CT molecular complexity index is 1370. The second kappa shape index (κ2) is 9.90. The van der Waals surface area contributed by atoms with E-state index < -0.39 is 20.8 Å². The van der Waals surface area contributed by atoms with Gasteiger partial charge in [0, 0.05) is 32.0 Å². The number of carbonyl (C=O) groups excluding carboxylic acids is 1. The molecule has 0 N–H and O–H groups in total. The quantitative estimate of drug-likeness (QED) is 0.386. The van der Waals surface area contributed by atoms with Crippen LogP contribution in [0.15, 0.2) is 35.3 Å². The first-order valence-corrected chi connectivity index (χ1v) is 12.5. The smallest absolute Gasteiger partial charge is 0.326 e. The molecule has 9 nitrogen and oxygen atoms in total. The Hall–Kier alpha value is -2.67. The van der Waals surface area contributed by atoms with Gasteiger partial charge in [0.2, 0.25) is 4.93 Å². The number of amides is 1. The van der Waals surface area contributed by atoms with Crippen LogP contribution in [0.2, 0.25) is 0 Å². The van der Waals surface area contributed by atoms with Gasteiger partial charge in [0.15, 0.2) is 0 Å². The average Bonchev–Trinajstić information content (AvgIpc) is 3.20. The molecule has 1 radical (unpaired) electrons. The summed E-state index contributed by atoms with van der Waals surface area (Å²) in [5.41, 5.74) is 0.532. The van der Waals surface area contributed by atoms with Gasteiger partial charge in [-0.2, -0.15) is 0 Å². The Balaban J connectivity index is 2.05. The highest BCUT2D eigenvalue weighted by Gasteiger charge is 2.48. The van der Waals surface area contributed by atoms with Crippen LogP contribution in [0.5, 0.6) is 0 Å². The Kier molecular flexibility index (Phi) is 7.56. The summed E-state index contributed by atoms with van der Waals surface area (Å²) in [7, 11) is -1.66. The second-order valence-electron chi connectivity index (χ2n) is 7.92. The van der Waals surface area contributed by atoms with E-state index in [2.05, 4.69) is 4.98 Å². The number of aromatic nitrogens is 2. The molecule has 34 heavy (non-hydrogen) atoms. The number of nitrogens with zero attached hydrogens (tertiary/aromatic N) is 3. The van der Waals surface area contributed by atoms with E-state index in [0.29, 0.717) is 20.1 Å². The third-order valence-electron chi connectivity index (χ3n) is 5.30. The van der Waals surface area contributed by atoms with Gasteiger partial charge in [-0.3, -0.25) is 9.59 Å². The van der Waals surface area contributed by atoms with Crippen molar-refractivity contribution in [1.29, 1.82) is 0 Å². The number of aryl methyl sites for hydroxylation is 1. The summed E-state index contributed by atoms with van der Waals surface area (Å²) < 4.78 is 54.5. The standard InChI is InChI=1S/C22H25FN3O6S2/c1-14(2)32-9-8-26(13-27)34(29,30)22(3,31-5)21-24-18-11-16(17(23)12-19(18)33-21)15-6-7-25(4)20(28)10-15/h6-7,10-12,14H,8-9H2,1-5H3. The summed E-state index contributed by atoms with van der Waals surface area (Å²) >= 11 is 0.927. The first-order valence-electron chi connectivity index (χ1n) is 10.3. The van der Waals surface area contributed by atoms with Crippen molar-refractivity contribution in [3.05, 3.63) is 51.6 Å². The molecule has 2 aromatic heterocycles. The minimum atomic E-state index is -4.43. The van der Waals surface area contributed by atoms with Crippen LogP contribution in [0.25, 0.3) is 21.3 Å². The zero-order valence-electron chi connectivity index (χ0n) is 19.4. The molecule has 0 aliphatic rings. The Labute approximate surface area is 200 Å². The van der Waals surface area contributed by atoms with E-state index >= 15 is 0 Å². The molecule has 1 unspecified atom stereocenters. The van der Waals surface area contributed by atoms with Gasteiger partial charge in [-0.25, -0.2) is 22.1 Å². The summed E-state index contributed by atoms with van der Waals surface area (Å²) in [5.74, 6) is -0.591. The lowest BCUT2D eigenvalue weighted by molar-refractivity contribution is 0.0630. The molecule has 3 aromatic rings. The average molecular weight is 511 g/mol. The molecular formula is C22H25FN3O6S2. The number of halogens is 1. The molecule has 1 atom stereocenters. The molecule has 0 aliphatic heterocycles. The first kappa shape index (κ1) is 25.9. The van der Waals surface area contributed by atoms with Crippen molar-refractivity contribution in [2.45, 2.75) is 31.8 Å². The predicted molar refractivity (Wildman–Crippen MR) is 127 cm³/mol. The number of sulfonamides is 1.